The molecule has 3 aliphatic rings. The first-order valence-electron chi connectivity index (χ1n) is 15.4. The molecule has 0 radical (unpaired) electrons. The molecule has 3 aromatic carbocycles. The summed E-state index contributed by atoms with van der Waals surface area (Å²) in [6, 6.07) is 14.2. The second-order valence-electron chi connectivity index (χ2n) is 11.4. The highest BCUT2D eigenvalue weighted by atomic mass is 35.5. The van der Waals surface area contributed by atoms with Gasteiger partial charge in [-0.2, -0.15) is 0 Å². The molecule has 254 valence electrons. The summed E-state index contributed by atoms with van der Waals surface area (Å²) in [5.41, 5.74) is 2.35. The first-order valence-corrected chi connectivity index (χ1v) is 15.8. The van der Waals surface area contributed by atoms with E-state index in [9.17, 15) is 23.6 Å². The number of anilines is 2. The number of terminal acetylenes is 1. The molecule has 2 aliphatic heterocycles. The number of amides is 3. The number of ether oxygens (including phenoxy) is 3. The Morgan fingerprint density at radius 2 is 1.70 bits per heavy atom. The normalized spacial score (nSPS) is 15.8. The van der Waals surface area contributed by atoms with Crippen molar-refractivity contribution in [1.29, 1.82) is 0 Å². The van der Waals surface area contributed by atoms with Gasteiger partial charge in [0.25, 0.3) is 17.7 Å². The van der Waals surface area contributed by atoms with E-state index in [1.165, 1.54) is 24.1 Å². The molecule has 1 aliphatic carbocycles. The zero-order valence-electron chi connectivity index (χ0n) is 26.5. The predicted molar refractivity (Wildman–Crippen MR) is 180 cm³/mol. The molecule has 1 aromatic heterocycles. The van der Waals surface area contributed by atoms with Gasteiger partial charge in [0, 0.05) is 22.2 Å². The number of aromatic nitrogens is 2. The van der Waals surface area contributed by atoms with E-state index < -0.39 is 29.7 Å². The van der Waals surface area contributed by atoms with Crippen molar-refractivity contribution in [1.82, 2.24) is 9.97 Å². The summed E-state index contributed by atoms with van der Waals surface area (Å²) in [6.45, 7) is 1.20. The van der Waals surface area contributed by atoms with Crippen LogP contribution in [0.15, 0.2) is 71.9 Å². The molecule has 0 spiro atoms. The number of rotatable bonds is 7. The molecule has 12 nitrogen and oxygen atoms in total. The van der Waals surface area contributed by atoms with Gasteiger partial charge >= 0.3 is 5.97 Å². The molecule has 1 atom stereocenters. The van der Waals surface area contributed by atoms with Gasteiger partial charge in [0.15, 0.2) is 18.5 Å². The molecular formula is C36H28ClFN4O8. The number of halogens is 2. The zero-order chi connectivity index (χ0) is 35.5. The number of aliphatic carboxylic acids is 1. The summed E-state index contributed by atoms with van der Waals surface area (Å²) in [5.74, 6) is 0.701. The summed E-state index contributed by atoms with van der Waals surface area (Å²) in [4.78, 5) is 58.9. The van der Waals surface area contributed by atoms with Crippen LogP contribution in [0.2, 0.25) is 5.02 Å². The Bertz CT molecular complexity index is 2090. The number of carbonyl (C=O) groups excluding carboxylic acids is 3. The Balaban J connectivity index is 0.000000174. The molecule has 0 bridgehead atoms. The number of carbonyl (C=O) groups is 4. The quantitative estimate of drug-likeness (QED) is 0.184. The van der Waals surface area contributed by atoms with Crippen LogP contribution in [-0.2, 0) is 19.2 Å². The summed E-state index contributed by atoms with van der Waals surface area (Å²) in [7, 11) is 0. The molecule has 1 unspecified atom stereocenters. The summed E-state index contributed by atoms with van der Waals surface area (Å²) >= 11 is 5.91. The van der Waals surface area contributed by atoms with E-state index in [1.54, 1.807) is 42.5 Å². The van der Waals surface area contributed by atoms with Crippen LogP contribution < -0.4 is 24.0 Å². The predicted octanol–water partition coefficient (Wildman–Crippen LogP) is 5.86. The number of hydrogen-bond acceptors (Lipinski definition) is 9. The third-order valence-corrected chi connectivity index (χ3v) is 8.28. The SMILES string of the molecule is C#CCN1C(=O)COc2cc(F)c(N3C(=O)C4=C(CCCC4)C3=O)cc21.CC(Oc1ccc(Oc2cnc3cc(Cl)ccc3n2)cc1)C(=O)O. The first-order chi connectivity index (χ1) is 24.0. The molecule has 0 fully saturated rings. The molecule has 3 amide bonds. The smallest absolute Gasteiger partial charge is 0.344 e. The lowest BCUT2D eigenvalue weighted by Crippen LogP contribution is -2.39. The van der Waals surface area contributed by atoms with Gasteiger partial charge in [-0.25, -0.2) is 24.1 Å². The van der Waals surface area contributed by atoms with Gasteiger partial charge in [0.1, 0.15) is 17.2 Å². The topological polar surface area (TPSA) is 148 Å². The molecule has 50 heavy (non-hydrogen) atoms. The number of fused-ring (bicyclic) bond motifs is 2. The second kappa shape index (κ2) is 14.2. The van der Waals surface area contributed by atoms with E-state index >= 15 is 0 Å². The standard InChI is InChI=1S/C19H15FN2O4.C17H13ClN2O4/c1-2-7-21-15-9-14(13(20)8-16(15)26-10-17(21)23)22-18(24)11-5-3-4-6-12(11)19(22)25;1-10(17(21)22)23-12-3-5-13(6-4-12)24-16-9-19-15-8-11(18)2-7-14(15)20-16/h1,8-9H,3-7,10H2;2-10H,1H3,(H,21,22). The molecule has 7 rings (SSSR count). The largest absolute Gasteiger partial charge is 0.481 e. The maximum atomic E-state index is 14.7. The van der Waals surface area contributed by atoms with Gasteiger partial charge in [-0.3, -0.25) is 19.3 Å². The maximum absolute atomic E-state index is 14.7. The Kier molecular flexibility index (Phi) is 9.65. The van der Waals surface area contributed by atoms with E-state index in [1.807, 2.05) is 0 Å². The monoisotopic (exact) mass is 698 g/mol. The van der Waals surface area contributed by atoms with Gasteiger partial charge in [0.2, 0.25) is 5.88 Å². The van der Waals surface area contributed by atoms with Crippen molar-refractivity contribution < 1.29 is 42.9 Å². The van der Waals surface area contributed by atoms with Gasteiger partial charge in [0.05, 0.1) is 35.1 Å². The number of carboxylic acids is 1. The maximum Gasteiger partial charge on any atom is 0.344 e. The second-order valence-corrected chi connectivity index (χ2v) is 11.8. The summed E-state index contributed by atoms with van der Waals surface area (Å²) in [6.07, 6.45) is 8.60. The van der Waals surface area contributed by atoms with Crippen molar-refractivity contribution in [3.8, 4) is 35.5 Å². The number of carboxylic acid groups (broad SMARTS) is 1. The average molecular weight is 699 g/mol. The Labute approximate surface area is 290 Å². The highest BCUT2D eigenvalue weighted by molar-refractivity contribution is 6.33. The molecule has 0 saturated heterocycles. The number of benzene rings is 3. The fourth-order valence-electron chi connectivity index (χ4n) is 5.58. The lowest BCUT2D eigenvalue weighted by atomic mass is 9.93. The number of hydrogen-bond donors (Lipinski definition) is 1. The van der Waals surface area contributed by atoms with E-state index in [2.05, 4.69) is 15.9 Å². The fourth-order valence-corrected chi connectivity index (χ4v) is 5.75. The van der Waals surface area contributed by atoms with Crippen LogP contribution in [0.4, 0.5) is 15.8 Å². The summed E-state index contributed by atoms with van der Waals surface area (Å²) < 4.78 is 30.8. The van der Waals surface area contributed by atoms with Crippen LogP contribution in [0.5, 0.6) is 23.1 Å². The lowest BCUT2D eigenvalue weighted by molar-refractivity contribution is -0.144. The van der Waals surface area contributed by atoms with E-state index in [-0.39, 0.29) is 36.2 Å². The summed E-state index contributed by atoms with van der Waals surface area (Å²) in [5, 5.41) is 9.42. The van der Waals surface area contributed by atoms with Crippen molar-refractivity contribution in [3.63, 3.8) is 0 Å². The molecule has 3 heterocycles. The van der Waals surface area contributed by atoms with Crippen LogP contribution in [0.3, 0.4) is 0 Å². The van der Waals surface area contributed by atoms with E-state index in [4.69, 9.17) is 37.3 Å². The van der Waals surface area contributed by atoms with Gasteiger partial charge in [-0.1, -0.05) is 17.5 Å². The van der Waals surface area contributed by atoms with E-state index in [0.717, 1.165) is 23.8 Å². The third kappa shape index (κ3) is 6.92. The molecule has 14 heteroatoms. The molecule has 1 N–H and O–H groups in total. The third-order valence-electron chi connectivity index (χ3n) is 8.04. The lowest BCUT2D eigenvalue weighted by Gasteiger charge is -2.29. The number of nitrogens with zero attached hydrogens (tertiary/aromatic N) is 4. The van der Waals surface area contributed by atoms with Crippen LogP contribution in [0.25, 0.3) is 11.0 Å². The fraction of sp³-hybridized carbons (Fsp3) is 0.222. The Hall–Kier alpha value is -6.00. The van der Waals surface area contributed by atoms with Crippen molar-refractivity contribution in [3.05, 3.63) is 82.8 Å². The Morgan fingerprint density at radius 3 is 2.36 bits per heavy atom. The van der Waals surface area contributed by atoms with Gasteiger partial charge in [-0.05, 0) is 81.1 Å². The van der Waals surface area contributed by atoms with Gasteiger partial charge < -0.3 is 19.3 Å². The van der Waals surface area contributed by atoms with Crippen molar-refractivity contribution >= 4 is 57.7 Å². The highest BCUT2D eigenvalue weighted by Crippen LogP contribution is 2.41. The van der Waals surface area contributed by atoms with Gasteiger partial charge in [-0.15, -0.1) is 6.42 Å². The Morgan fingerprint density at radius 1 is 1.02 bits per heavy atom. The average Bonchev–Trinajstić information content (AvgIpc) is 3.36. The van der Waals surface area contributed by atoms with Crippen molar-refractivity contribution in [2.75, 3.05) is 23.0 Å². The van der Waals surface area contributed by atoms with E-state index in [0.29, 0.717) is 57.4 Å². The molecular weight excluding hydrogens is 671 g/mol. The minimum Gasteiger partial charge on any atom is -0.481 e. The number of imide groups is 1. The first kappa shape index (κ1) is 33.9. The minimum absolute atomic E-state index is 0.0170. The highest BCUT2D eigenvalue weighted by Gasteiger charge is 2.41. The minimum atomic E-state index is -1.03. The zero-order valence-corrected chi connectivity index (χ0v) is 27.3. The van der Waals surface area contributed by atoms with Crippen LogP contribution in [-0.4, -0.2) is 58.0 Å². The molecule has 0 saturated carbocycles. The van der Waals surface area contributed by atoms with Crippen LogP contribution in [0, 0.1) is 18.2 Å². The van der Waals surface area contributed by atoms with Crippen molar-refractivity contribution in [2.45, 2.75) is 38.7 Å². The van der Waals surface area contributed by atoms with Crippen molar-refractivity contribution in [2.24, 2.45) is 0 Å². The van der Waals surface area contributed by atoms with Crippen LogP contribution >= 0.6 is 11.6 Å². The van der Waals surface area contributed by atoms with Crippen LogP contribution in [0.1, 0.15) is 32.6 Å². The molecule has 4 aromatic rings.